The van der Waals surface area contributed by atoms with E-state index in [2.05, 4.69) is 6.92 Å². The number of unbranched alkanes of at least 4 members (excludes halogenated alkanes) is 10. The normalized spacial score (nSPS) is 17.2. The van der Waals surface area contributed by atoms with Gasteiger partial charge in [0.1, 0.15) is 5.76 Å². The molecule has 3 nitrogen and oxygen atoms in total. The molecule has 0 saturated heterocycles. The first-order chi connectivity index (χ1) is 11.9. The van der Waals surface area contributed by atoms with Gasteiger partial charge in [0.05, 0.1) is 5.57 Å². The highest BCUT2D eigenvalue weighted by atomic mass is 16.3. The third kappa shape index (κ3) is 8.69. The summed E-state index contributed by atoms with van der Waals surface area (Å²) >= 11 is 0. The number of rotatable bonds is 12. The lowest BCUT2D eigenvalue weighted by Gasteiger charge is -2.28. The summed E-state index contributed by atoms with van der Waals surface area (Å²) in [5, 5.41) is 10.2. The van der Waals surface area contributed by atoms with Gasteiger partial charge in [-0.15, -0.1) is 0 Å². The molecule has 144 valence electrons. The van der Waals surface area contributed by atoms with Crippen LogP contribution in [0.1, 0.15) is 111 Å². The predicted molar refractivity (Wildman–Crippen MR) is 104 cm³/mol. The van der Waals surface area contributed by atoms with Gasteiger partial charge in [0.15, 0.2) is 11.6 Å². The Kier molecular flexibility index (Phi) is 10.1. The molecule has 0 aliphatic heterocycles. The van der Waals surface area contributed by atoms with Crippen LogP contribution in [-0.4, -0.2) is 16.7 Å². The molecular weight excluding hydrogens is 312 g/mol. The van der Waals surface area contributed by atoms with Gasteiger partial charge in [0.25, 0.3) is 0 Å². The Morgan fingerprint density at radius 2 is 1.20 bits per heavy atom. The first-order valence-electron chi connectivity index (χ1n) is 10.4. The van der Waals surface area contributed by atoms with Crippen LogP contribution < -0.4 is 0 Å². The molecular formula is C22H38O3. The summed E-state index contributed by atoms with van der Waals surface area (Å²) in [6.45, 7) is 6.11. The lowest BCUT2D eigenvalue weighted by molar-refractivity contribution is -0.127. The van der Waals surface area contributed by atoms with Crippen LogP contribution >= 0.6 is 0 Å². The molecule has 0 aromatic rings. The largest absolute Gasteiger partial charge is 0.511 e. The van der Waals surface area contributed by atoms with Gasteiger partial charge < -0.3 is 5.11 Å². The Morgan fingerprint density at radius 1 is 0.800 bits per heavy atom. The van der Waals surface area contributed by atoms with E-state index < -0.39 is 0 Å². The molecule has 0 bridgehead atoms. The summed E-state index contributed by atoms with van der Waals surface area (Å²) in [6.07, 6.45) is 14.9. The van der Waals surface area contributed by atoms with E-state index in [9.17, 15) is 14.7 Å². The van der Waals surface area contributed by atoms with Crippen LogP contribution in [0, 0.1) is 5.41 Å². The first-order valence-corrected chi connectivity index (χ1v) is 10.4. The average molecular weight is 351 g/mol. The van der Waals surface area contributed by atoms with Crippen LogP contribution in [0.3, 0.4) is 0 Å². The minimum atomic E-state index is -0.269. The Bertz CT molecular complexity index is 438. The van der Waals surface area contributed by atoms with Gasteiger partial charge in [-0.2, -0.15) is 0 Å². The van der Waals surface area contributed by atoms with Gasteiger partial charge in [0.2, 0.25) is 0 Å². The van der Waals surface area contributed by atoms with Crippen molar-refractivity contribution in [2.45, 2.75) is 111 Å². The molecule has 1 N–H and O–H groups in total. The zero-order valence-electron chi connectivity index (χ0n) is 16.7. The summed E-state index contributed by atoms with van der Waals surface area (Å²) < 4.78 is 0. The lowest BCUT2D eigenvalue weighted by atomic mass is 9.73. The molecule has 1 fully saturated rings. The van der Waals surface area contributed by atoms with Gasteiger partial charge >= 0.3 is 0 Å². The maximum atomic E-state index is 12.1. The van der Waals surface area contributed by atoms with Crippen LogP contribution in [0.5, 0.6) is 0 Å². The van der Waals surface area contributed by atoms with E-state index in [0.717, 1.165) is 12.8 Å². The minimum Gasteiger partial charge on any atom is -0.511 e. The highest BCUT2D eigenvalue weighted by Crippen LogP contribution is 2.35. The number of allylic oxidation sites excluding steroid dienone is 2. The van der Waals surface area contributed by atoms with Gasteiger partial charge in [0, 0.05) is 19.3 Å². The third-order valence-corrected chi connectivity index (χ3v) is 5.14. The molecule has 0 radical (unpaired) electrons. The molecule has 1 saturated carbocycles. The van der Waals surface area contributed by atoms with Crippen molar-refractivity contribution in [3.05, 3.63) is 11.3 Å². The molecule has 0 unspecified atom stereocenters. The first kappa shape index (κ1) is 21.9. The highest BCUT2D eigenvalue weighted by molar-refractivity contribution is 6.22. The monoisotopic (exact) mass is 350 g/mol. The quantitative estimate of drug-likeness (QED) is 0.190. The van der Waals surface area contributed by atoms with Crippen molar-refractivity contribution in [2.24, 2.45) is 5.41 Å². The topological polar surface area (TPSA) is 54.4 Å². The number of carbonyl (C=O) groups is 2. The second-order valence-electron chi connectivity index (χ2n) is 8.47. The number of carbonyl (C=O) groups excluding carboxylic acids is 2. The lowest BCUT2D eigenvalue weighted by Crippen LogP contribution is -2.32. The Balaban J connectivity index is 2.15. The summed E-state index contributed by atoms with van der Waals surface area (Å²) in [4.78, 5) is 24.2. The van der Waals surface area contributed by atoms with E-state index in [1.165, 1.54) is 57.8 Å². The molecule has 25 heavy (non-hydrogen) atoms. The molecule has 1 rings (SSSR count). The minimum absolute atomic E-state index is 0.0291. The predicted octanol–water partition coefficient (Wildman–Crippen LogP) is 6.46. The maximum absolute atomic E-state index is 12.1. The molecule has 3 heteroatoms. The smallest absolute Gasteiger partial charge is 0.170 e. The Hall–Kier alpha value is -1.12. The van der Waals surface area contributed by atoms with Crippen molar-refractivity contribution >= 4 is 11.6 Å². The van der Waals surface area contributed by atoms with E-state index in [1.54, 1.807) is 0 Å². The van der Waals surface area contributed by atoms with Crippen LogP contribution in [0.15, 0.2) is 11.3 Å². The highest BCUT2D eigenvalue weighted by Gasteiger charge is 2.37. The van der Waals surface area contributed by atoms with Gasteiger partial charge in [-0.3, -0.25) is 9.59 Å². The number of ketones is 2. The molecule has 0 aromatic carbocycles. The number of Topliss-reactive ketones (excluding diaryl/α,β-unsaturated/α-hetero) is 2. The SMILES string of the molecule is CCCCCCCCCCCCCC(O)=C1C(=O)CC(C)(C)CC1=O. The van der Waals surface area contributed by atoms with E-state index in [-0.39, 0.29) is 28.3 Å². The molecule has 0 atom stereocenters. The number of aliphatic hydroxyl groups excluding tert-OH is 1. The fourth-order valence-corrected chi connectivity index (χ4v) is 3.67. The van der Waals surface area contributed by atoms with E-state index >= 15 is 0 Å². The molecule has 1 aliphatic carbocycles. The van der Waals surface area contributed by atoms with Crippen molar-refractivity contribution in [2.75, 3.05) is 0 Å². The molecule has 0 heterocycles. The van der Waals surface area contributed by atoms with Crippen molar-refractivity contribution < 1.29 is 14.7 Å². The van der Waals surface area contributed by atoms with Gasteiger partial charge in [-0.1, -0.05) is 85.0 Å². The zero-order valence-corrected chi connectivity index (χ0v) is 16.7. The Labute approximate surface area is 154 Å². The van der Waals surface area contributed by atoms with Gasteiger partial charge in [-0.05, 0) is 11.8 Å². The Morgan fingerprint density at radius 3 is 1.64 bits per heavy atom. The molecule has 0 spiro atoms. The van der Waals surface area contributed by atoms with Crippen LogP contribution in [-0.2, 0) is 9.59 Å². The fraction of sp³-hybridized carbons (Fsp3) is 0.818. The third-order valence-electron chi connectivity index (χ3n) is 5.14. The number of hydrogen-bond acceptors (Lipinski definition) is 3. The van der Waals surface area contributed by atoms with Crippen molar-refractivity contribution in [3.63, 3.8) is 0 Å². The standard InChI is InChI=1S/C22H38O3/c1-4-5-6-7-8-9-10-11-12-13-14-15-18(23)21-19(24)16-22(2,3)17-20(21)25/h23H,4-17H2,1-3H3. The van der Waals surface area contributed by atoms with E-state index in [4.69, 9.17) is 0 Å². The van der Waals surface area contributed by atoms with E-state index in [1.807, 2.05) is 13.8 Å². The second-order valence-corrected chi connectivity index (χ2v) is 8.47. The van der Waals surface area contributed by atoms with E-state index in [0.29, 0.717) is 19.3 Å². The van der Waals surface area contributed by atoms with Crippen LogP contribution in [0.2, 0.25) is 0 Å². The van der Waals surface area contributed by atoms with Crippen molar-refractivity contribution in [1.29, 1.82) is 0 Å². The van der Waals surface area contributed by atoms with Gasteiger partial charge in [-0.25, -0.2) is 0 Å². The summed E-state index contributed by atoms with van der Waals surface area (Å²) in [6, 6.07) is 0. The fourth-order valence-electron chi connectivity index (χ4n) is 3.67. The summed E-state index contributed by atoms with van der Waals surface area (Å²) in [5.74, 6) is -0.329. The average Bonchev–Trinajstić information content (AvgIpc) is 2.50. The molecule has 1 aliphatic rings. The molecule has 0 amide bonds. The number of aliphatic hydroxyl groups is 1. The maximum Gasteiger partial charge on any atom is 0.170 e. The number of hydrogen-bond donors (Lipinski definition) is 1. The zero-order chi connectivity index (χ0) is 18.7. The molecule has 0 aromatic heterocycles. The van der Waals surface area contributed by atoms with Crippen molar-refractivity contribution in [3.8, 4) is 0 Å². The summed E-state index contributed by atoms with van der Waals surface area (Å²) in [5.41, 5.74) is -0.180. The van der Waals surface area contributed by atoms with Crippen molar-refractivity contribution in [1.82, 2.24) is 0 Å². The van der Waals surface area contributed by atoms with Crippen LogP contribution in [0.4, 0.5) is 0 Å². The second kappa shape index (κ2) is 11.5. The summed E-state index contributed by atoms with van der Waals surface area (Å²) in [7, 11) is 0. The van der Waals surface area contributed by atoms with Crippen LogP contribution in [0.25, 0.3) is 0 Å².